The summed E-state index contributed by atoms with van der Waals surface area (Å²) in [5, 5.41) is 7.02. The summed E-state index contributed by atoms with van der Waals surface area (Å²) in [7, 11) is 0. The van der Waals surface area contributed by atoms with Crippen LogP contribution >= 0.6 is 0 Å². The first kappa shape index (κ1) is 17.6. The lowest BCUT2D eigenvalue weighted by Crippen LogP contribution is -2.24. The van der Waals surface area contributed by atoms with Crippen LogP contribution in [0.5, 0.6) is 0 Å². The fourth-order valence-electron chi connectivity index (χ4n) is 2.86. The number of halogens is 2. The van der Waals surface area contributed by atoms with Gasteiger partial charge in [0.15, 0.2) is 5.82 Å². The topological polar surface area (TPSA) is 64.7 Å². The Hall–Kier alpha value is -3.81. The number of carbonyl (C=O) groups excluding carboxylic acids is 1. The highest BCUT2D eigenvalue weighted by atomic mass is 19.1. The summed E-state index contributed by atoms with van der Waals surface area (Å²) < 4.78 is 30.4. The molecule has 1 aromatic carbocycles. The van der Waals surface area contributed by atoms with Gasteiger partial charge in [-0.15, -0.1) is 0 Å². The van der Waals surface area contributed by atoms with E-state index in [1.807, 2.05) is 0 Å². The van der Waals surface area contributed by atoms with Crippen molar-refractivity contribution < 1.29 is 13.6 Å². The predicted molar refractivity (Wildman–Crippen MR) is 98.2 cm³/mol. The van der Waals surface area contributed by atoms with E-state index in [0.717, 1.165) is 23.8 Å². The van der Waals surface area contributed by atoms with Crippen LogP contribution in [0.4, 0.5) is 8.78 Å². The quantitative estimate of drug-likeness (QED) is 0.579. The second-order valence-corrected chi connectivity index (χ2v) is 6.05. The smallest absolute Gasteiger partial charge is 0.256 e. The molecule has 8 heteroatoms. The highest BCUT2D eigenvalue weighted by Crippen LogP contribution is 2.21. The van der Waals surface area contributed by atoms with E-state index < -0.39 is 11.6 Å². The molecule has 6 nitrogen and oxygen atoms in total. The van der Waals surface area contributed by atoms with Crippen molar-refractivity contribution >= 4 is 5.91 Å². The molecule has 3 aromatic heterocycles. The molecule has 0 unspecified atom stereocenters. The molecular formula is C20H15F2N5O. The summed E-state index contributed by atoms with van der Waals surface area (Å²) in [5.41, 5.74) is 1.34. The Morgan fingerprint density at radius 1 is 1.04 bits per heavy atom. The maximum absolute atomic E-state index is 13.7. The van der Waals surface area contributed by atoms with E-state index in [9.17, 15) is 13.6 Å². The number of rotatable bonds is 5. The summed E-state index contributed by atoms with van der Waals surface area (Å²) in [5.74, 6) is -1.44. The number of aromatic nitrogens is 4. The van der Waals surface area contributed by atoms with E-state index in [1.54, 1.807) is 53.6 Å². The van der Waals surface area contributed by atoms with Crippen LogP contribution in [0.15, 0.2) is 73.4 Å². The van der Waals surface area contributed by atoms with Crippen LogP contribution in [0.2, 0.25) is 0 Å². The predicted octanol–water partition coefficient (Wildman–Crippen LogP) is 3.27. The van der Waals surface area contributed by atoms with Crippen LogP contribution in [-0.4, -0.2) is 25.2 Å². The first-order valence-electron chi connectivity index (χ1n) is 8.47. The molecule has 140 valence electrons. The van der Waals surface area contributed by atoms with Crippen LogP contribution < -0.4 is 5.32 Å². The lowest BCUT2D eigenvalue weighted by atomic mass is 10.2. The molecule has 0 saturated heterocycles. The average molecular weight is 379 g/mol. The molecule has 1 amide bonds. The molecule has 0 spiro atoms. The highest BCUT2D eigenvalue weighted by molar-refractivity contribution is 5.97. The molecular weight excluding hydrogens is 364 g/mol. The van der Waals surface area contributed by atoms with E-state index in [1.165, 1.54) is 10.9 Å². The molecule has 0 aliphatic carbocycles. The van der Waals surface area contributed by atoms with Crippen molar-refractivity contribution in [1.82, 2.24) is 24.6 Å². The van der Waals surface area contributed by atoms with Gasteiger partial charge in [-0.2, -0.15) is 5.10 Å². The fourth-order valence-corrected chi connectivity index (χ4v) is 2.86. The summed E-state index contributed by atoms with van der Waals surface area (Å²) in [6, 6.07) is 10.2. The Morgan fingerprint density at radius 2 is 1.71 bits per heavy atom. The largest absolute Gasteiger partial charge is 0.348 e. The van der Waals surface area contributed by atoms with Gasteiger partial charge in [0.1, 0.15) is 17.2 Å². The number of amides is 1. The van der Waals surface area contributed by atoms with Gasteiger partial charge in [-0.3, -0.25) is 9.78 Å². The van der Waals surface area contributed by atoms with Crippen molar-refractivity contribution in [1.29, 1.82) is 0 Å². The Balaban J connectivity index is 1.72. The van der Waals surface area contributed by atoms with Crippen LogP contribution in [0.25, 0.3) is 11.5 Å². The third-order valence-electron chi connectivity index (χ3n) is 4.13. The minimum atomic E-state index is -0.729. The monoisotopic (exact) mass is 379 g/mol. The molecule has 4 rings (SSSR count). The third kappa shape index (κ3) is 3.52. The van der Waals surface area contributed by atoms with E-state index in [0.29, 0.717) is 12.4 Å². The number of hydrogen-bond acceptors (Lipinski definition) is 3. The SMILES string of the molecule is O=C(NCc1ccncc1)c1cnn(-c2cc(F)cc(F)c2)c1-n1cccc1. The van der Waals surface area contributed by atoms with E-state index in [4.69, 9.17) is 0 Å². The van der Waals surface area contributed by atoms with E-state index >= 15 is 0 Å². The first-order chi connectivity index (χ1) is 13.6. The molecule has 0 aliphatic heterocycles. The van der Waals surface area contributed by atoms with Crippen molar-refractivity contribution in [3.8, 4) is 11.5 Å². The number of pyridine rings is 1. The zero-order chi connectivity index (χ0) is 19.5. The number of carbonyl (C=O) groups is 1. The summed E-state index contributed by atoms with van der Waals surface area (Å²) in [4.78, 5) is 16.7. The Kier molecular flexibility index (Phi) is 4.67. The van der Waals surface area contributed by atoms with Gasteiger partial charge in [0.05, 0.1) is 11.9 Å². The lowest BCUT2D eigenvalue weighted by molar-refractivity contribution is 0.0951. The maximum atomic E-state index is 13.7. The molecule has 0 aliphatic rings. The minimum absolute atomic E-state index is 0.175. The van der Waals surface area contributed by atoms with Crippen molar-refractivity contribution in [2.24, 2.45) is 0 Å². The lowest BCUT2D eigenvalue weighted by Gasteiger charge is -2.11. The van der Waals surface area contributed by atoms with Crippen molar-refractivity contribution in [3.05, 3.63) is 96.2 Å². The Bertz CT molecular complexity index is 1090. The fraction of sp³-hybridized carbons (Fsp3) is 0.0500. The van der Waals surface area contributed by atoms with Crippen molar-refractivity contribution in [2.75, 3.05) is 0 Å². The molecule has 28 heavy (non-hydrogen) atoms. The van der Waals surface area contributed by atoms with Crippen LogP contribution in [0.3, 0.4) is 0 Å². The third-order valence-corrected chi connectivity index (χ3v) is 4.13. The Labute approximate surface area is 159 Å². The molecule has 0 bridgehead atoms. The minimum Gasteiger partial charge on any atom is -0.348 e. The van der Waals surface area contributed by atoms with Gasteiger partial charge >= 0.3 is 0 Å². The van der Waals surface area contributed by atoms with Crippen LogP contribution in [0, 0.1) is 11.6 Å². The number of benzene rings is 1. The maximum Gasteiger partial charge on any atom is 0.256 e. The normalized spacial score (nSPS) is 10.8. The van der Waals surface area contributed by atoms with Gasteiger partial charge in [-0.1, -0.05) is 0 Å². The summed E-state index contributed by atoms with van der Waals surface area (Å²) >= 11 is 0. The molecule has 0 radical (unpaired) electrons. The molecule has 0 atom stereocenters. The standard InChI is InChI=1S/C20H15F2N5O/c21-15-9-16(22)11-17(10-15)27-20(26-7-1-2-8-26)18(13-25-27)19(28)24-12-14-3-5-23-6-4-14/h1-11,13H,12H2,(H,24,28). The first-order valence-corrected chi connectivity index (χ1v) is 8.47. The van der Waals surface area contributed by atoms with Crippen LogP contribution in [-0.2, 0) is 6.54 Å². The molecule has 3 heterocycles. The van der Waals surface area contributed by atoms with E-state index in [2.05, 4.69) is 15.4 Å². The van der Waals surface area contributed by atoms with Gasteiger partial charge in [-0.25, -0.2) is 13.5 Å². The average Bonchev–Trinajstić information content (AvgIpc) is 3.35. The van der Waals surface area contributed by atoms with E-state index in [-0.39, 0.29) is 17.2 Å². The molecule has 4 aromatic rings. The van der Waals surface area contributed by atoms with Gasteiger partial charge in [0.2, 0.25) is 0 Å². The number of nitrogens with one attached hydrogen (secondary N) is 1. The van der Waals surface area contributed by atoms with Crippen LogP contribution in [0.1, 0.15) is 15.9 Å². The summed E-state index contributed by atoms with van der Waals surface area (Å²) in [6.45, 7) is 0.312. The summed E-state index contributed by atoms with van der Waals surface area (Å²) in [6.07, 6.45) is 8.11. The zero-order valence-electron chi connectivity index (χ0n) is 14.6. The molecule has 1 N–H and O–H groups in total. The number of hydrogen-bond donors (Lipinski definition) is 1. The second-order valence-electron chi connectivity index (χ2n) is 6.05. The van der Waals surface area contributed by atoms with Gasteiger partial charge in [0, 0.05) is 37.4 Å². The van der Waals surface area contributed by atoms with Crippen molar-refractivity contribution in [2.45, 2.75) is 6.54 Å². The Morgan fingerprint density at radius 3 is 2.39 bits per heavy atom. The van der Waals surface area contributed by atoms with Gasteiger partial charge in [0.25, 0.3) is 5.91 Å². The second kappa shape index (κ2) is 7.43. The molecule has 0 saturated carbocycles. The number of nitrogens with zero attached hydrogens (tertiary/aromatic N) is 4. The van der Waals surface area contributed by atoms with Gasteiger partial charge in [-0.05, 0) is 42.0 Å². The zero-order valence-corrected chi connectivity index (χ0v) is 14.6. The van der Waals surface area contributed by atoms with Gasteiger partial charge < -0.3 is 9.88 Å². The molecule has 0 fully saturated rings. The highest BCUT2D eigenvalue weighted by Gasteiger charge is 2.20. The van der Waals surface area contributed by atoms with Crippen molar-refractivity contribution in [3.63, 3.8) is 0 Å².